The molecule has 2 heterocycles. The summed E-state index contributed by atoms with van der Waals surface area (Å²) in [6.45, 7) is 4.14. The Kier molecular flexibility index (Phi) is 4.22. The second-order valence-corrected chi connectivity index (χ2v) is 6.02. The van der Waals surface area contributed by atoms with Crippen LogP contribution in [0.5, 0.6) is 0 Å². The maximum absolute atomic E-state index is 12.5. The number of nitrogens with one attached hydrogen (secondary N) is 2. The molecule has 0 spiro atoms. The van der Waals surface area contributed by atoms with Gasteiger partial charge in [0.2, 0.25) is 0 Å². The Bertz CT molecular complexity index is 660. The number of aromatic amines is 1. The van der Waals surface area contributed by atoms with E-state index in [2.05, 4.69) is 27.4 Å². The molecular weight excluding hydrogens is 276 g/mol. The molecular formula is C17H22N4O. The molecule has 3 rings (SSSR count). The Labute approximate surface area is 130 Å². The molecule has 1 saturated carbocycles. The fraction of sp³-hybridized carbons (Fsp3) is 0.471. The first kappa shape index (κ1) is 14.8. The number of aryl methyl sites for hydroxylation is 2. The molecule has 0 saturated heterocycles. The first-order valence-corrected chi connectivity index (χ1v) is 7.95. The van der Waals surface area contributed by atoms with E-state index in [-0.39, 0.29) is 11.9 Å². The predicted molar refractivity (Wildman–Crippen MR) is 84.5 cm³/mol. The number of carbonyl (C=O) groups is 1. The average molecular weight is 298 g/mol. The van der Waals surface area contributed by atoms with Crippen molar-refractivity contribution in [2.75, 3.05) is 0 Å². The molecule has 2 N–H and O–H groups in total. The minimum Gasteiger partial charge on any atom is -0.342 e. The van der Waals surface area contributed by atoms with E-state index in [9.17, 15) is 4.79 Å². The molecule has 1 atom stereocenters. The highest BCUT2D eigenvalue weighted by Gasteiger charge is 2.35. The molecule has 1 fully saturated rings. The van der Waals surface area contributed by atoms with Gasteiger partial charge in [-0.15, -0.1) is 0 Å². The number of aromatic nitrogens is 3. The summed E-state index contributed by atoms with van der Waals surface area (Å²) in [5.74, 6) is 0.368. The minimum atomic E-state index is -0.124. The number of amides is 1. The van der Waals surface area contributed by atoms with Crippen molar-refractivity contribution >= 4 is 5.91 Å². The lowest BCUT2D eigenvalue weighted by atomic mass is 10.0. The molecule has 1 aliphatic carbocycles. The van der Waals surface area contributed by atoms with Crippen LogP contribution in [0.3, 0.4) is 0 Å². The molecule has 0 unspecified atom stereocenters. The van der Waals surface area contributed by atoms with Crippen molar-refractivity contribution in [1.29, 1.82) is 0 Å². The van der Waals surface area contributed by atoms with Gasteiger partial charge in [-0.25, -0.2) is 0 Å². The van der Waals surface area contributed by atoms with E-state index in [1.54, 1.807) is 6.20 Å². The Morgan fingerprint density at radius 1 is 1.50 bits per heavy atom. The Balaban J connectivity index is 1.76. The monoisotopic (exact) mass is 298 g/mol. The topological polar surface area (TPSA) is 70.7 Å². The van der Waals surface area contributed by atoms with E-state index in [0.717, 1.165) is 42.6 Å². The summed E-state index contributed by atoms with van der Waals surface area (Å²) in [7, 11) is 0. The Hall–Kier alpha value is -2.17. The smallest absolute Gasteiger partial charge is 0.272 e. The van der Waals surface area contributed by atoms with Gasteiger partial charge in [-0.2, -0.15) is 5.10 Å². The van der Waals surface area contributed by atoms with Gasteiger partial charge in [0.05, 0.1) is 11.7 Å². The zero-order valence-electron chi connectivity index (χ0n) is 13.1. The van der Waals surface area contributed by atoms with Crippen molar-refractivity contribution in [3.63, 3.8) is 0 Å². The van der Waals surface area contributed by atoms with E-state index in [1.807, 2.05) is 25.1 Å². The number of rotatable bonds is 6. The van der Waals surface area contributed by atoms with Crippen LogP contribution in [0.25, 0.3) is 0 Å². The summed E-state index contributed by atoms with van der Waals surface area (Å²) in [6, 6.07) is 5.79. The summed E-state index contributed by atoms with van der Waals surface area (Å²) in [4.78, 5) is 16.9. The molecule has 0 bridgehead atoms. The number of pyridine rings is 1. The standard InChI is InChI=1S/C17H22N4O/c1-3-5-13-10-14(21-20-13)17(22)19-16(12-7-8-12)15-11(2)6-4-9-18-15/h4,6,9-10,12,16H,3,5,7-8H2,1-2H3,(H,19,22)(H,20,21)/t16-/m1/s1. The largest absolute Gasteiger partial charge is 0.342 e. The molecule has 0 aliphatic heterocycles. The van der Waals surface area contributed by atoms with Crippen molar-refractivity contribution < 1.29 is 4.79 Å². The van der Waals surface area contributed by atoms with E-state index in [0.29, 0.717) is 11.6 Å². The van der Waals surface area contributed by atoms with Crippen LogP contribution in [0.1, 0.15) is 59.7 Å². The van der Waals surface area contributed by atoms with Crippen molar-refractivity contribution in [2.45, 2.75) is 45.6 Å². The highest BCUT2D eigenvalue weighted by atomic mass is 16.2. The second-order valence-electron chi connectivity index (χ2n) is 6.02. The highest BCUT2D eigenvalue weighted by Crippen LogP contribution is 2.41. The van der Waals surface area contributed by atoms with Gasteiger partial charge in [0.25, 0.3) is 5.91 Å². The molecule has 0 radical (unpaired) electrons. The van der Waals surface area contributed by atoms with Crippen LogP contribution in [0.4, 0.5) is 0 Å². The van der Waals surface area contributed by atoms with Crippen molar-refractivity contribution in [1.82, 2.24) is 20.5 Å². The summed E-state index contributed by atoms with van der Waals surface area (Å²) in [6.07, 6.45) is 6.01. The van der Waals surface area contributed by atoms with Crippen LogP contribution in [0, 0.1) is 12.8 Å². The van der Waals surface area contributed by atoms with Crippen LogP contribution < -0.4 is 5.32 Å². The van der Waals surface area contributed by atoms with Gasteiger partial charge in [-0.05, 0) is 49.8 Å². The van der Waals surface area contributed by atoms with Crippen molar-refractivity contribution in [3.05, 3.63) is 47.0 Å². The summed E-state index contributed by atoms with van der Waals surface area (Å²) >= 11 is 0. The number of hydrogen-bond donors (Lipinski definition) is 2. The number of nitrogens with zero attached hydrogens (tertiary/aromatic N) is 2. The zero-order chi connectivity index (χ0) is 15.5. The van der Waals surface area contributed by atoms with E-state index in [1.165, 1.54) is 0 Å². The summed E-state index contributed by atoms with van der Waals surface area (Å²) in [5.41, 5.74) is 3.56. The van der Waals surface area contributed by atoms with Gasteiger partial charge in [0.15, 0.2) is 0 Å². The highest BCUT2D eigenvalue weighted by molar-refractivity contribution is 5.92. The van der Waals surface area contributed by atoms with Crippen molar-refractivity contribution in [3.8, 4) is 0 Å². The number of hydrogen-bond acceptors (Lipinski definition) is 3. The molecule has 22 heavy (non-hydrogen) atoms. The lowest BCUT2D eigenvalue weighted by Gasteiger charge is -2.18. The lowest BCUT2D eigenvalue weighted by molar-refractivity contribution is 0.0925. The van der Waals surface area contributed by atoms with Gasteiger partial charge in [-0.3, -0.25) is 14.9 Å². The predicted octanol–water partition coefficient (Wildman–Crippen LogP) is 2.95. The third-order valence-electron chi connectivity index (χ3n) is 4.11. The van der Waals surface area contributed by atoms with Gasteiger partial charge in [-0.1, -0.05) is 19.4 Å². The molecule has 5 nitrogen and oxygen atoms in total. The van der Waals surface area contributed by atoms with E-state index >= 15 is 0 Å². The number of H-pyrrole nitrogens is 1. The van der Waals surface area contributed by atoms with E-state index < -0.39 is 0 Å². The maximum Gasteiger partial charge on any atom is 0.272 e. The normalized spacial score (nSPS) is 15.5. The quantitative estimate of drug-likeness (QED) is 0.861. The third kappa shape index (κ3) is 3.18. The van der Waals surface area contributed by atoms with Crippen LogP contribution in [-0.4, -0.2) is 21.1 Å². The average Bonchev–Trinajstić information content (AvgIpc) is 3.25. The molecule has 1 amide bonds. The Morgan fingerprint density at radius 3 is 3.00 bits per heavy atom. The lowest BCUT2D eigenvalue weighted by Crippen LogP contribution is -2.31. The first-order valence-electron chi connectivity index (χ1n) is 7.95. The molecule has 2 aromatic heterocycles. The minimum absolute atomic E-state index is 0.0139. The fourth-order valence-corrected chi connectivity index (χ4v) is 2.75. The first-order chi connectivity index (χ1) is 10.7. The van der Waals surface area contributed by atoms with Gasteiger partial charge >= 0.3 is 0 Å². The van der Waals surface area contributed by atoms with Gasteiger partial charge < -0.3 is 5.32 Å². The van der Waals surface area contributed by atoms with Crippen LogP contribution in [0.15, 0.2) is 24.4 Å². The molecule has 116 valence electrons. The summed E-state index contributed by atoms with van der Waals surface area (Å²) < 4.78 is 0. The molecule has 1 aliphatic rings. The molecule has 5 heteroatoms. The molecule has 2 aromatic rings. The van der Waals surface area contributed by atoms with E-state index in [4.69, 9.17) is 0 Å². The summed E-state index contributed by atoms with van der Waals surface area (Å²) in [5, 5.41) is 10.2. The number of carbonyl (C=O) groups excluding carboxylic acids is 1. The zero-order valence-corrected chi connectivity index (χ0v) is 13.1. The van der Waals surface area contributed by atoms with Crippen LogP contribution in [-0.2, 0) is 6.42 Å². The second kappa shape index (κ2) is 6.30. The van der Waals surface area contributed by atoms with Gasteiger partial charge in [0, 0.05) is 11.9 Å². The van der Waals surface area contributed by atoms with Gasteiger partial charge in [0.1, 0.15) is 5.69 Å². The molecule has 0 aromatic carbocycles. The van der Waals surface area contributed by atoms with Crippen LogP contribution in [0.2, 0.25) is 0 Å². The van der Waals surface area contributed by atoms with Crippen molar-refractivity contribution in [2.24, 2.45) is 5.92 Å². The fourth-order valence-electron chi connectivity index (χ4n) is 2.75. The maximum atomic E-state index is 12.5. The third-order valence-corrected chi connectivity index (χ3v) is 4.11. The SMILES string of the molecule is CCCc1cc(C(=O)N[C@@H](c2ncccc2C)C2CC2)n[nH]1. The van der Waals surface area contributed by atoms with Crippen LogP contribution >= 0.6 is 0 Å². The Morgan fingerprint density at radius 2 is 2.32 bits per heavy atom.